The van der Waals surface area contributed by atoms with Crippen LogP contribution in [0.5, 0.6) is 11.6 Å². The molecule has 2 aromatic rings. The van der Waals surface area contributed by atoms with Crippen LogP contribution in [0.4, 0.5) is 13.2 Å². The van der Waals surface area contributed by atoms with Gasteiger partial charge in [-0.2, -0.15) is 18.4 Å². The van der Waals surface area contributed by atoms with E-state index in [1.807, 2.05) is 6.07 Å². The number of halogens is 3. The van der Waals surface area contributed by atoms with Crippen LogP contribution in [0.15, 0.2) is 36.7 Å². The number of nitriles is 1. The summed E-state index contributed by atoms with van der Waals surface area (Å²) in [6.45, 7) is 0.270. The summed E-state index contributed by atoms with van der Waals surface area (Å²) in [6, 6.07) is 6.23. The SMILES string of the molecule is N#Cc1nccnc1OC1CCN(C(=O)COc2cccc(C(F)(F)F)c2)C1. The Morgan fingerprint density at radius 1 is 1.32 bits per heavy atom. The van der Waals surface area contributed by atoms with Crippen molar-refractivity contribution in [3.8, 4) is 17.7 Å². The highest BCUT2D eigenvalue weighted by molar-refractivity contribution is 5.78. The van der Waals surface area contributed by atoms with Crippen LogP contribution in [0, 0.1) is 11.3 Å². The first-order chi connectivity index (χ1) is 13.4. The van der Waals surface area contributed by atoms with E-state index in [-0.39, 0.29) is 42.5 Å². The molecule has 0 saturated carbocycles. The van der Waals surface area contributed by atoms with Gasteiger partial charge in [-0.15, -0.1) is 0 Å². The molecule has 1 amide bonds. The van der Waals surface area contributed by atoms with E-state index in [1.165, 1.54) is 29.4 Å². The first-order valence-corrected chi connectivity index (χ1v) is 8.32. The van der Waals surface area contributed by atoms with Crippen molar-refractivity contribution in [2.75, 3.05) is 19.7 Å². The lowest BCUT2D eigenvalue weighted by Crippen LogP contribution is -2.34. The number of nitrogens with zero attached hydrogens (tertiary/aromatic N) is 4. The number of hydrogen-bond donors (Lipinski definition) is 0. The highest BCUT2D eigenvalue weighted by atomic mass is 19.4. The zero-order valence-electron chi connectivity index (χ0n) is 14.5. The lowest BCUT2D eigenvalue weighted by atomic mass is 10.2. The largest absolute Gasteiger partial charge is 0.484 e. The van der Waals surface area contributed by atoms with Crippen molar-refractivity contribution in [2.24, 2.45) is 0 Å². The van der Waals surface area contributed by atoms with E-state index in [0.29, 0.717) is 13.0 Å². The van der Waals surface area contributed by atoms with E-state index >= 15 is 0 Å². The summed E-state index contributed by atoms with van der Waals surface area (Å²) >= 11 is 0. The fraction of sp³-hybridized carbons (Fsp3) is 0.333. The van der Waals surface area contributed by atoms with Gasteiger partial charge < -0.3 is 14.4 Å². The number of benzene rings is 1. The average Bonchev–Trinajstić information content (AvgIpc) is 3.15. The predicted molar refractivity (Wildman–Crippen MR) is 89.3 cm³/mol. The number of carbonyl (C=O) groups excluding carboxylic acids is 1. The highest BCUT2D eigenvalue weighted by Crippen LogP contribution is 2.31. The van der Waals surface area contributed by atoms with E-state index in [0.717, 1.165) is 12.1 Å². The first kappa shape index (κ1) is 19.4. The molecule has 7 nitrogen and oxygen atoms in total. The average molecular weight is 392 g/mol. The standard InChI is InChI=1S/C18H15F3N4O3/c19-18(20,21)12-2-1-3-13(8-12)27-11-16(26)25-7-4-14(10-25)28-17-15(9-22)23-5-6-24-17/h1-3,5-6,8,14H,4,7,10-11H2. The molecule has 0 N–H and O–H groups in total. The first-order valence-electron chi connectivity index (χ1n) is 8.32. The summed E-state index contributed by atoms with van der Waals surface area (Å²) in [5.41, 5.74) is -0.787. The minimum Gasteiger partial charge on any atom is -0.484 e. The predicted octanol–water partition coefficient (Wildman–Crippen LogP) is 2.43. The summed E-state index contributed by atoms with van der Waals surface area (Å²) in [7, 11) is 0. The van der Waals surface area contributed by atoms with Crippen LogP contribution in [0.3, 0.4) is 0 Å². The molecule has 1 fully saturated rings. The number of rotatable bonds is 5. The van der Waals surface area contributed by atoms with Gasteiger partial charge >= 0.3 is 6.18 Å². The van der Waals surface area contributed by atoms with E-state index in [2.05, 4.69) is 9.97 Å². The van der Waals surface area contributed by atoms with Crippen molar-refractivity contribution in [1.82, 2.24) is 14.9 Å². The molecule has 1 aromatic carbocycles. The Morgan fingerprint density at radius 3 is 2.86 bits per heavy atom. The van der Waals surface area contributed by atoms with Crippen molar-refractivity contribution < 1.29 is 27.4 Å². The molecule has 0 bridgehead atoms. The van der Waals surface area contributed by atoms with Crippen molar-refractivity contribution in [2.45, 2.75) is 18.7 Å². The Hall–Kier alpha value is -3.35. The second kappa shape index (κ2) is 8.12. The van der Waals surface area contributed by atoms with E-state index in [9.17, 15) is 18.0 Å². The third-order valence-electron chi connectivity index (χ3n) is 4.07. The lowest BCUT2D eigenvalue weighted by Gasteiger charge is -2.17. The van der Waals surface area contributed by atoms with Crippen molar-refractivity contribution in [3.05, 3.63) is 47.9 Å². The number of aromatic nitrogens is 2. The number of likely N-dealkylation sites (tertiary alicyclic amines) is 1. The van der Waals surface area contributed by atoms with Crippen molar-refractivity contribution in [3.63, 3.8) is 0 Å². The van der Waals surface area contributed by atoms with Crippen LogP contribution in [0.25, 0.3) is 0 Å². The van der Waals surface area contributed by atoms with Gasteiger partial charge in [-0.3, -0.25) is 4.79 Å². The van der Waals surface area contributed by atoms with Gasteiger partial charge in [-0.1, -0.05) is 6.07 Å². The second-order valence-corrected chi connectivity index (χ2v) is 6.00. The fourth-order valence-electron chi connectivity index (χ4n) is 2.70. The molecule has 1 aliphatic rings. The maximum Gasteiger partial charge on any atom is 0.416 e. The Balaban J connectivity index is 1.53. The second-order valence-electron chi connectivity index (χ2n) is 6.00. The molecule has 3 rings (SSSR count). The molecule has 28 heavy (non-hydrogen) atoms. The molecule has 0 spiro atoms. The monoisotopic (exact) mass is 392 g/mol. The van der Waals surface area contributed by atoms with Crippen molar-refractivity contribution in [1.29, 1.82) is 5.26 Å². The molecular weight excluding hydrogens is 377 g/mol. The van der Waals surface area contributed by atoms with Gasteiger partial charge in [-0.25, -0.2) is 9.97 Å². The van der Waals surface area contributed by atoms with E-state index in [4.69, 9.17) is 14.7 Å². The van der Waals surface area contributed by atoms with Crippen molar-refractivity contribution >= 4 is 5.91 Å². The van der Waals surface area contributed by atoms with Gasteiger partial charge in [0.15, 0.2) is 6.61 Å². The van der Waals surface area contributed by atoms with Crippen LogP contribution in [-0.2, 0) is 11.0 Å². The Kier molecular flexibility index (Phi) is 5.63. The van der Waals surface area contributed by atoms with E-state index in [1.54, 1.807) is 0 Å². The fourth-order valence-corrected chi connectivity index (χ4v) is 2.70. The van der Waals surface area contributed by atoms with Gasteiger partial charge in [0.2, 0.25) is 5.69 Å². The summed E-state index contributed by atoms with van der Waals surface area (Å²) in [4.78, 5) is 21.6. The van der Waals surface area contributed by atoms with Crippen LogP contribution in [-0.4, -0.2) is 46.6 Å². The molecule has 1 aromatic heterocycles. The van der Waals surface area contributed by atoms with E-state index < -0.39 is 11.7 Å². The lowest BCUT2D eigenvalue weighted by molar-refractivity contribution is -0.137. The molecule has 1 atom stereocenters. The normalized spacial score (nSPS) is 16.5. The molecule has 2 heterocycles. The maximum absolute atomic E-state index is 12.7. The molecule has 1 aliphatic heterocycles. The number of hydrogen-bond acceptors (Lipinski definition) is 6. The number of alkyl halides is 3. The minimum atomic E-state index is -4.48. The third-order valence-corrected chi connectivity index (χ3v) is 4.07. The van der Waals surface area contributed by atoms with Gasteiger partial charge in [0.25, 0.3) is 11.8 Å². The summed E-state index contributed by atoms with van der Waals surface area (Å²) < 4.78 is 49.0. The summed E-state index contributed by atoms with van der Waals surface area (Å²) in [6.07, 6.45) is -1.54. The highest BCUT2D eigenvalue weighted by Gasteiger charge is 2.31. The maximum atomic E-state index is 12.7. The van der Waals surface area contributed by atoms with Crippen LogP contribution >= 0.6 is 0 Å². The van der Waals surface area contributed by atoms with Gasteiger partial charge in [0, 0.05) is 25.4 Å². The Bertz CT molecular complexity index is 898. The van der Waals surface area contributed by atoms with Gasteiger partial charge in [0.1, 0.15) is 17.9 Å². The molecule has 1 saturated heterocycles. The molecule has 10 heteroatoms. The summed E-state index contributed by atoms with van der Waals surface area (Å²) in [5, 5.41) is 9.00. The van der Waals surface area contributed by atoms with Gasteiger partial charge in [-0.05, 0) is 18.2 Å². The van der Waals surface area contributed by atoms with Crippen LogP contribution in [0.2, 0.25) is 0 Å². The van der Waals surface area contributed by atoms with Crippen LogP contribution in [0.1, 0.15) is 17.7 Å². The molecule has 146 valence electrons. The zero-order valence-corrected chi connectivity index (χ0v) is 14.5. The number of carbonyl (C=O) groups is 1. The number of amides is 1. The molecule has 1 unspecified atom stereocenters. The Morgan fingerprint density at radius 2 is 2.11 bits per heavy atom. The zero-order chi connectivity index (χ0) is 20.1. The topological polar surface area (TPSA) is 88.3 Å². The molecular formula is C18H15F3N4O3. The molecule has 0 radical (unpaired) electrons. The smallest absolute Gasteiger partial charge is 0.416 e. The van der Waals surface area contributed by atoms with Gasteiger partial charge in [0.05, 0.1) is 12.1 Å². The minimum absolute atomic E-state index is 0.0339. The quantitative estimate of drug-likeness (QED) is 0.777. The summed E-state index contributed by atoms with van der Waals surface area (Å²) in [5.74, 6) is -0.305. The third kappa shape index (κ3) is 4.68. The van der Waals surface area contributed by atoms with Crippen LogP contribution < -0.4 is 9.47 Å². The number of ether oxygens (including phenoxy) is 2. The molecule has 0 aliphatic carbocycles. The Labute approximate surface area is 158 Å².